The number of nitrogens with zero attached hydrogens (tertiary/aromatic N) is 2. The maximum Gasteiger partial charge on any atom is 0.140 e. The molecule has 1 fully saturated rings. The van der Waals surface area contributed by atoms with Gasteiger partial charge in [0.25, 0.3) is 0 Å². The van der Waals surface area contributed by atoms with Crippen molar-refractivity contribution in [1.29, 1.82) is 0 Å². The SMILES string of the molecule is CCCn1ccnc1C1(O)CCC(C)CC1. The lowest BCUT2D eigenvalue weighted by Gasteiger charge is -2.34. The predicted molar refractivity (Wildman–Crippen MR) is 64.0 cm³/mol. The number of aryl methyl sites for hydroxylation is 1. The molecule has 0 atom stereocenters. The Kier molecular flexibility index (Phi) is 3.33. The summed E-state index contributed by atoms with van der Waals surface area (Å²) in [7, 11) is 0. The van der Waals surface area contributed by atoms with Gasteiger partial charge in [0.2, 0.25) is 0 Å². The Labute approximate surface area is 97.5 Å². The first-order chi connectivity index (χ1) is 7.65. The van der Waals surface area contributed by atoms with Crippen molar-refractivity contribution in [2.75, 3.05) is 0 Å². The second-order valence-electron chi connectivity index (χ2n) is 5.16. The third kappa shape index (κ3) is 2.14. The second-order valence-corrected chi connectivity index (χ2v) is 5.16. The highest BCUT2D eigenvalue weighted by molar-refractivity contribution is 5.06. The smallest absolute Gasteiger partial charge is 0.140 e. The van der Waals surface area contributed by atoms with Crippen LogP contribution in [-0.2, 0) is 12.1 Å². The van der Waals surface area contributed by atoms with E-state index in [0.717, 1.165) is 50.4 Å². The first-order valence-corrected chi connectivity index (χ1v) is 6.39. The molecule has 1 saturated carbocycles. The molecule has 2 rings (SSSR count). The summed E-state index contributed by atoms with van der Waals surface area (Å²) in [5.74, 6) is 1.62. The van der Waals surface area contributed by atoms with E-state index in [1.165, 1.54) is 0 Å². The lowest BCUT2D eigenvalue weighted by atomic mass is 9.79. The molecular formula is C13H22N2O. The number of hydrogen-bond donors (Lipinski definition) is 1. The molecule has 0 saturated heterocycles. The molecule has 90 valence electrons. The lowest BCUT2D eigenvalue weighted by molar-refractivity contribution is -0.0227. The highest BCUT2D eigenvalue weighted by Crippen LogP contribution is 2.38. The van der Waals surface area contributed by atoms with Gasteiger partial charge in [-0.05, 0) is 38.0 Å². The molecule has 1 aliphatic carbocycles. The van der Waals surface area contributed by atoms with Gasteiger partial charge < -0.3 is 9.67 Å². The number of rotatable bonds is 3. The number of aromatic nitrogens is 2. The Hall–Kier alpha value is -0.830. The summed E-state index contributed by atoms with van der Waals surface area (Å²) in [6, 6.07) is 0. The Balaban J connectivity index is 2.18. The standard InChI is InChI=1S/C13H22N2O/c1-3-9-15-10-8-14-12(15)13(16)6-4-11(2)5-7-13/h8,10-11,16H,3-7,9H2,1-2H3. The summed E-state index contributed by atoms with van der Waals surface area (Å²) in [6.45, 7) is 5.36. The van der Waals surface area contributed by atoms with Crippen LogP contribution in [0.5, 0.6) is 0 Å². The maximum atomic E-state index is 10.7. The van der Waals surface area contributed by atoms with E-state index in [0.29, 0.717) is 0 Å². The molecule has 3 nitrogen and oxygen atoms in total. The Morgan fingerprint density at radius 2 is 2.19 bits per heavy atom. The van der Waals surface area contributed by atoms with E-state index in [4.69, 9.17) is 0 Å². The van der Waals surface area contributed by atoms with E-state index < -0.39 is 5.60 Å². The van der Waals surface area contributed by atoms with Crippen LogP contribution in [0.25, 0.3) is 0 Å². The largest absolute Gasteiger partial charge is 0.382 e. The zero-order chi connectivity index (χ0) is 11.6. The molecule has 0 unspecified atom stereocenters. The zero-order valence-corrected chi connectivity index (χ0v) is 10.3. The summed E-state index contributed by atoms with van der Waals surface area (Å²) >= 11 is 0. The molecule has 1 N–H and O–H groups in total. The topological polar surface area (TPSA) is 38.0 Å². The van der Waals surface area contributed by atoms with Gasteiger partial charge in [-0.2, -0.15) is 0 Å². The highest BCUT2D eigenvalue weighted by atomic mass is 16.3. The third-order valence-electron chi connectivity index (χ3n) is 3.70. The molecule has 0 bridgehead atoms. The van der Waals surface area contributed by atoms with Gasteiger partial charge in [0.1, 0.15) is 11.4 Å². The van der Waals surface area contributed by atoms with Gasteiger partial charge in [0, 0.05) is 18.9 Å². The number of imidazole rings is 1. The van der Waals surface area contributed by atoms with Gasteiger partial charge in [-0.25, -0.2) is 4.98 Å². The van der Waals surface area contributed by atoms with Crippen LogP contribution in [-0.4, -0.2) is 14.7 Å². The summed E-state index contributed by atoms with van der Waals surface area (Å²) < 4.78 is 2.11. The Morgan fingerprint density at radius 1 is 1.50 bits per heavy atom. The minimum absolute atomic E-state index is 0.675. The molecule has 0 radical (unpaired) electrons. The quantitative estimate of drug-likeness (QED) is 0.854. The van der Waals surface area contributed by atoms with Gasteiger partial charge in [-0.15, -0.1) is 0 Å². The zero-order valence-electron chi connectivity index (χ0n) is 10.3. The first-order valence-electron chi connectivity index (χ1n) is 6.39. The van der Waals surface area contributed by atoms with Crippen molar-refractivity contribution in [3.63, 3.8) is 0 Å². The van der Waals surface area contributed by atoms with Crippen LogP contribution in [0.2, 0.25) is 0 Å². The Morgan fingerprint density at radius 3 is 2.81 bits per heavy atom. The molecule has 3 heteroatoms. The minimum atomic E-state index is -0.675. The van der Waals surface area contributed by atoms with Crippen LogP contribution < -0.4 is 0 Å². The van der Waals surface area contributed by atoms with Crippen LogP contribution in [0.4, 0.5) is 0 Å². The lowest BCUT2D eigenvalue weighted by Crippen LogP contribution is -2.34. The van der Waals surface area contributed by atoms with Crippen LogP contribution >= 0.6 is 0 Å². The van der Waals surface area contributed by atoms with E-state index in [2.05, 4.69) is 23.4 Å². The summed E-state index contributed by atoms with van der Waals surface area (Å²) in [5, 5.41) is 10.7. The molecule has 0 amide bonds. The monoisotopic (exact) mass is 222 g/mol. The van der Waals surface area contributed by atoms with E-state index in [-0.39, 0.29) is 0 Å². The van der Waals surface area contributed by atoms with E-state index >= 15 is 0 Å². The van der Waals surface area contributed by atoms with Crippen LogP contribution in [0.3, 0.4) is 0 Å². The minimum Gasteiger partial charge on any atom is -0.382 e. The van der Waals surface area contributed by atoms with Crippen molar-refractivity contribution in [1.82, 2.24) is 9.55 Å². The predicted octanol–water partition coefficient (Wildman–Crippen LogP) is 2.69. The van der Waals surface area contributed by atoms with Crippen molar-refractivity contribution in [2.24, 2.45) is 5.92 Å². The molecule has 1 aromatic rings. The summed E-state index contributed by atoms with van der Waals surface area (Å²) in [6.07, 6.45) is 8.79. The molecule has 16 heavy (non-hydrogen) atoms. The number of aliphatic hydroxyl groups is 1. The molecule has 1 aliphatic rings. The van der Waals surface area contributed by atoms with Crippen LogP contribution in [0.1, 0.15) is 51.8 Å². The fraction of sp³-hybridized carbons (Fsp3) is 0.769. The number of hydrogen-bond acceptors (Lipinski definition) is 2. The molecule has 0 aliphatic heterocycles. The van der Waals surface area contributed by atoms with Gasteiger partial charge in [0.05, 0.1) is 0 Å². The summed E-state index contributed by atoms with van der Waals surface area (Å²) in [5.41, 5.74) is -0.675. The average Bonchev–Trinajstić information content (AvgIpc) is 2.72. The maximum absolute atomic E-state index is 10.7. The van der Waals surface area contributed by atoms with Gasteiger partial charge in [0.15, 0.2) is 0 Å². The van der Waals surface area contributed by atoms with Crippen molar-refractivity contribution in [3.8, 4) is 0 Å². The van der Waals surface area contributed by atoms with Crippen molar-refractivity contribution >= 4 is 0 Å². The van der Waals surface area contributed by atoms with Crippen LogP contribution in [0.15, 0.2) is 12.4 Å². The van der Waals surface area contributed by atoms with Gasteiger partial charge in [-0.3, -0.25) is 0 Å². The molecule has 1 heterocycles. The first kappa shape index (κ1) is 11.6. The van der Waals surface area contributed by atoms with Crippen LogP contribution in [0, 0.1) is 5.92 Å². The molecule has 0 spiro atoms. The van der Waals surface area contributed by atoms with Crippen molar-refractivity contribution in [2.45, 2.75) is 58.1 Å². The normalized spacial score (nSPS) is 30.6. The molecular weight excluding hydrogens is 200 g/mol. The van der Waals surface area contributed by atoms with Crippen molar-refractivity contribution < 1.29 is 5.11 Å². The van der Waals surface area contributed by atoms with E-state index in [9.17, 15) is 5.11 Å². The van der Waals surface area contributed by atoms with Gasteiger partial charge >= 0.3 is 0 Å². The molecule has 0 aromatic carbocycles. The van der Waals surface area contributed by atoms with E-state index in [1.807, 2.05) is 6.20 Å². The molecule has 1 aromatic heterocycles. The Bertz CT molecular complexity index is 337. The average molecular weight is 222 g/mol. The third-order valence-corrected chi connectivity index (χ3v) is 3.70. The fourth-order valence-corrected chi connectivity index (χ4v) is 2.60. The summed E-state index contributed by atoms with van der Waals surface area (Å²) in [4.78, 5) is 4.37. The fourth-order valence-electron chi connectivity index (χ4n) is 2.60. The van der Waals surface area contributed by atoms with Gasteiger partial charge in [-0.1, -0.05) is 13.8 Å². The second kappa shape index (κ2) is 4.58. The van der Waals surface area contributed by atoms with E-state index in [1.54, 1.807) is 6.20 Å². The van der Waals surface area contributed by atoms with Crippen molar-refractivity contribution in [3.05, 3.63) is 18.2 Å². The highest BCUT2D eigenvalue weighted by Gasteiger charge is 2.36.